The molecule has 3 N–H and O–H groups in total. The Kier molecular flexibility index (Phi) is 5.42. The number of nitrogens with zero attached hydrogens (tertiary/aromatic N) is 6. The van der Waals surface area contributed by atoms with Gasteiger partial charge in [0.25, 0.3) is 5.56 Å². The first-order valence-corrected chi connectivity index (χ1v) is 10.7. The molecule has 0 radical (unpaired) electrons. The summed E-state index contributed by atoms with van der Waals surface area (Å²) in [6.45, 7) is 4.16. The molecule has 0 saturated carbocycles. The molecule has 1 aliphatic heterocycles. The predicted octanol–water partition coefficient (Wildman–Crippen LogP) is 1.94. The minimum Gasteiger partial charge on any atom is -0.386 e. The van der Waals surface area contributed by atoms with Crippen LogP contribution in [0.3, 0.4) is 0 Å². The molecule has 174 valence electrons. The van der Waals surface area contributed by atoms with Gasteiger partial charge in [-0.1, -0.05) is 0 Å². The molecule has 0 spiro atoms. The van der Waals surface area contributed by atoms with Crippen LogP contribution in [-0.2, 0) is 11.3 Å². The summed E-state index contributed by atoms with van der Waals surface area (Å²) in [5.74, 6) is 0.757. The molecule has 5 heterocycles. The molecule has 4 aromatic heterocycles. The van der Waals surface area contributed by atoms with Crippen LogP contribution in [0.1, 0.15) is 18.2 Å². The highest BCUT2D eigenvalue weighted by molar-refractivity contribution is 5.94. The second-order valence-corrected chi connectivity index (χ2v) is 8.05. The molecular formula is C22H23N9O3. The van der Waals surface area contributed by atoms with Crippen molar-refractivity contribution in [2.24, 2.45) is 0 Å². The van der Waals surface area contributed by atoms with E-state index in [9.17, 15) is 9.59 Å². The minimum absolute atomic E-state index is 0.221. The van der Waals surface area contributed by atoms with E-state index < -0.39 is 0 Å². The quantitative estimate of drug-likeness (QED) is 0.408. The van der Waals surface area contributed by atoms with Gasteiger partial charge in [0, 0.05) is 19.3 Å². The second-order valence-electron chi connectivity index (χ2n) is 8.05. The zero-order valence-electron chi connectivity index (χ0n) is 18.9. The van der Waals surface area contributed by atoms with E-state index in [4.69, 9.17) is 4.74 Å². The van der Waals surface area contributed by atoms with Gasteiger partial charge in [0.1, 0.15) is 23.3 Å². The van der Waals surface area contributed by atoms with Crippen molar-refractivity contribution in [1.82, 2.24) is 34.6 Å². The topological polar surface area (TPSA) is 141 Å². The summed E-state index contributed by atoms with van der Waals surface area (Å²) < 4.78 is 8.58. The normalized spacial score (nSPS) is 16.1. The molecule has 5 rings (SSSR count). The summed E-state index contributed by atoms with van der Waals surface area (Å²) in [6.07, 6.45) is 3.09. The lowest BCUT2D eigenvalue weighted by molar-refractivity contribution is 0.104. The number of amides is 1. The Hall–Kier alpha value is -4.32. The third-order valence-electron chi connectivity index (χ3n) is 5.37. The number of nitrogens with one attached hydrogen (secondary N) is 3. The van der Waals surface area contributed by atoms with Gasteiger partial charge in [-0.05, 0) is 37.6 Å². The van der Waals surface area contributed by atoms with E-state index in [1.54, 1.807) is 37.5 Å². The minimum atomic E-state index is -0.374. The SMILES string of the molecule is CNc1cc2nc3c1ncn3C(=O)N[C@H](C)COCc1cc(c(=O)n(-c3ccc(C)nn3)c1)N2. The predicted molar refractivity (Wildman–Crippen MR) is 126 cm³/mol. The number of hydrogen-bond acceptors (Lipinski definition) is 9. The number of aryl methyl sites for hydroxylation is 1. The standard InChI is InChI=1S/C22H23N9O3/c1-12-4-5-18(29-28-12)30-8-14-6-16(21(30)32)26-17-7-15(23-3)19-20(27-17)31(11-24-19)22(33)25-13(2)9-34-10-14/h4-8,11,13H,9-10H2,1-3H3,(H,25,33)(H2,23,26,27)/t13-/m1/s1. The van der Waals surface area contributed by atoms with Crippen LogP contribution >= 0.6 is 0 Å². The number of hydrogen-bond donors (Lipinski definition) is 3. The van der Waals surface area contributed by atoms with E-state index in [0.29, 0.717) is 28.5 Å². The fraction of sp³-hybridized carbons (Fsp3) is 0.273. The average Bonchev–Trinajstić information content (AvgIpc) is 3.25. The summed E-state index contributed by atoms with van der Waals surface area (Å²) in [4.78, 5) is 35.1. The number of rotatable bonds is 2. The summed E-state index contributed by atoms with van der Waals surface area (Å²) in [7, 11) is 1.75. The van der Waals surface area contributed by atoms with Gasteiger partial charge in [0.2, 0.25) is 0 Å². The van der Waals surface area contributed by atoms with Crippen molar-refractivity contribution in [3.63, 3.8) is 0 Å². The molecule has 0 saturated heterocycles. The summed E-state index contributed by atoms with van der Waals surface area (Å²) in [6, 6.07) is 6.32. The van der Waals surface area contributed by atoms with Crippen LogP contribution in [0.5, 0.6) is 0 Å². The Bertz CT molecular complexity index is 1440. The first kappa shape index (κ1) is 21.5. The number of aromatic nitrogens is 6. The first-order chi connectivity index (χ1) is 16.4. The first-order valence-electron chi connectivity index (χ1n) is 10.7. The Balaban J connectivity index is 1.69. The lowest BCUT2D eigenvalue weighted by Crippen LogP contribution is -2.38. The molecule has 4 aromatic rings. The van der Waals surface area contributed by atoms with Gasteiger partial charge in [-0.2, -0.15) is 5.10 Å². The highest BCUT2D eigenvalue weighted by Crippen LogP contribution is 2.26. The molecule has 1 aliphatic rings. The molecule has 34 heavy (non-hydrogen) atoms. The highest BCUT2D eigenvalue weighted by atomic mass is 16.5. The number of anilines is 3. The molecule has 0 aliphatic carbocycles. The van der Waals surface area contributed by atoms with Gasteiger partial charge in [-0.25, -0.2) is 19.3 Å². The van der Waals surface area contributed by atoms with Crippen LogP contribution in [0.4, 0.5) is 22.0 Å². The number of ether oxygens (including phenoxy) is 1. The van der Waals surface area contributed by atoms with Gasteiger partial charge in [-0.3, -0.25) is 9.36 Å². The van der Waals surface area contributed by atoms with E-state index in [1.165, 1.54) is 15.5 Å². The maximum absolute atomic E-state index is 13.4. The molecule has 0 fully saturated rings. The van der Waals surface area contributed by atoms with Crippen LogP contribution in [0.15, 0.2) is 41.6 Å². The summed E-state index contributed by atoms with van der Waals surface area (Å²) in [5, 5.41) is 17.3. The van der Waals surface area contributed by atoms with Gasteiger partial charge < -0.3 is 20.7 Å². The molecule has 12 heteroatoms. The number of fused-ring (bicyclic) bond motifs is 3. The van der Waals surface area contributed by atoms with Crippen molar-refractivity contribution in [2.45, 2.75) is 26.5 Å². The summed E-state index contributed by atoms with van der Waals surface area (Å²) >= 11 is 0. The highest BCUT2D eigenvalue weighted by Gasteiger charge is 2.19. The number of pyridine rings is 2. The molecule has 0 aromatic carbocycles. The third kappa shape index (κ3) is 3.94. The lowest BCUT2D eigenvalue weighted by atomic mass is 10.2. The van der Waals surface area contributed by atoms with E-state index in [1.807, 2.05) is 13.8 Å². The van der Waals surface area contributed by atoms with E-state index in [0.717, 1.165) is 11.3 Å². The maximum Gasteiger partial charge on any atom is 0.328 e. The molecule has 12 nitrogen and oxygen atoms in total. The van der Waals surface area contributed by atoms with Gasteiger partial charge in [0.05, 0.1) is 30.6 Å². The van der Waals surface area contributed by atoms with Crippen LogP contribution in [0.2, 0.25) is 0 Å². The van der Waals surface area contributed by atoms with Crippen LogP contribution < -0.4 is 21.5 Å². The molecular weight excluding hydrogens is 438 g/mol. The van der Waals surface area contributed by atoms with Gasteiger partial charge in [0.15, 0.2) is 11.5 Å². The van der Waals surface area contributed by atoms with Crippen molar-refractivity contribution in [1.29, 1.82) is 0 Å². The lowest BCUT2D eigenvalue weighted by Gasteiger charge is -2.17. The monoisotopic (exact) mass is 461 g/mol. The Morgan fingerprint density at radius 2 is 2.03 bits per heavy atom. The fourth-order valence-corrected chi connectivity index (χ4v) is 3.70. The van der Waals surface area contributed by atoms with Crippen molar-refractivity contribution in [2.75, 3.05) is 24.3 Å². The van der Waals surface area contributed by atoms with E-state index in [-0.39, 0.29) is 36.5 Å². The zero-order valence-corrected chi connectivity index (χ0v) is 18.9. The Morgan fingerprint density at radius 1 is 1.18 bits per heavy atom. The number of carbonyl (C=O) groups is 1. The average molecular weight is 461 g/mol. The van der Waals surface area contributed by atoms with Gasteiger partial charge in [-0.15, -0.1) is 5.10 Å². The van der Waals surface area contributed by atoms with Crippen LogP contribution in [0, 0.1) is 6.92 Å². The number of imidazole rings is 1. The van der Waals surface area contributed by atoms with Crippen molar-refractivity contribution in [3.05, 3.63) is 58.4 Å². The smallest absolute Gasteiger partial charge is 0.328 e. The Labute approximate surface area is 194 Å². The van der Waals surface area contributed by atoms with Gasteiger partial charge >= 0.3 is 6.03 Å². The van der Waals surface area contributed by atoms with Crippen molar-refractivity contribution >= 4 is 34.4 Å². The van der Waals surface area contributed by atoms with E-state index in [2.05, 4.69) is 36.1 Å². The fourth-order valence-electron chi connectivity index (χ4n) is 3.70. The number of carbonyl (C=O) groups excluding carboxylic acids is 1. The molecule has 1 amide bonds. The third-order valence-corrected chi connectivity index (χ3v) is 5.37. The zero-order chi connectivity index (χ0) is 23.8. The van der Waals surface area contributed by atoms with Crippen LogP contribution in [0.25, 0.3) is 17.0 Å². The molecule has 0 unspecified atom stereocenters. The summed E-state index contributed by atoms with van der Waals surface area (Å²) in [5.41, 5.74) is 2.95. The second kappa shape index (κ2) is 8.56. The van der Waals surface area contributed by atoms with Crippen molar-refractivity contribution < 1.29 is 9.53 Å². The largest absolute Gasteiger partial charge is 0.386 e. The molecule has 1 atom stereocenters. The van der Waals surface area contributed by atoms with E-state index >= 15 is 0 Å². The van der Waals surface area contributed by atoms with Crippen molar-refractivity contribution in [3.8, 4) is 5.82 Å². The molecule has 4 bridgehead atoms. The maximum atomic E-state index is 13.4. The van der Waals surface area contributed by atoms with Crippen LogP contribution in [-0.4, -0.2) is 55.0 Å². The Morgan fingerprint density at radius 3 is 2.79 bits per heavy atom.